The minimum absolute atomic E-state index is 0.0976. The Morgan fingerprint density at radius 3 is 2.50 bits per heavy atom. The Morgan fingerprint density at radius 2 is 1.90 bits per heavy atom. The second-order valence-electron chi connectivity index (χ2n) is 7.55. The molecule has 0 spiro atoms. The fraction of sp³-hybridized carbons (Fsp3) is 0.526. The first-order valence-electron chi connectivity index (χ1n) is 9.66. The lowest BCUT2D eigenvalue weighted by molar-refractivity contribution is -0.120. The molecule has 1 aliphatic rings. The van der Waals surface area contributed by atoms with Crippen molar-refractivity contribution in [3.05, 3.63) is 41.8 Å². The average molecular weight is 459 g/mol. The van der Waals surface area contributed by atoms with E-state index >= 15 is 0 Å². The molecule has 2 rings (SSSR count). The van der Waals surface area contributed by atoms with E-state index in [1.165, 1.54) is 16.4 Å². The van der Waals surface area contributed by atoms with Gasteiger partial charge in [0.1, 0.15) is 0 Å². The maximum atomic E-state index is 12.9. The number of hydrogen-bond acceptors (Lipinski definition) is 6. The Labute approximate surface area is 179 Å². The van der Waals surface area contributed by atoms with Crippen molar-refractivity contribution in [3.63, 3.8) is 0 Å². The summed E-state index contributed by atoms with van der Waals surface area (Å²) in [7, 11) is -3.35. The van der Waals surface area contributed by atoms with Crippen LogP contribution in [0.3, 0.4) is 0 Å². The molecular weight excluding hydrogens is 428 g/mol. The van der Waals surface area contributed by atoms with Crippen LogP contribution >= 0.6 is 0 Å². The molecule has 1 unspecified atom stereocenters. The highest BCUT2D eigenvalue weighted by atomic mass is 32.2. The summed E-state index contributed by atoms with van der Waals surface area (Å²) in [5.41, 5.74) is 0.731. The van der Waals surface area contributed by atoms with Crippen molar-refractivity contribution in [2.24, 2.45) is 5.92 Å². The maximum Gasteiger partial charge on any atom is 0.243 e. The standard InChI is InChI=1S/C19H30N4O5S2/c1-4-29(25,26)21-14-17-9-11-23(15-17)30(27,28)18-7-5-16(6-8-18)13-19(24)20-10-12-22(2)3/h4-8,17,21H,1,9-15H2,2-3H3,(H,20,24). The summed E-state index contributed by atoms with van der Waals surface area (Å²) in [6.45, 7) is 5.28. The molecule has 168 valence electrons. The van der Waals surface area contributed by atoms with Crippen LogP contribution in [0, 0.1) is 5.92 Å². The molecule has 0 radical (unpaired) electrons. The summed E-state index contributed by atoms with van der Waals surface area (Å²) in [4.78, 5) is 14.1. The van der Waals surface area contributed by atoms with Crippen LogP contribution in [0.1, 0.15) is 12.0 Å². The van der Waals surface area contributed by atoms with Gasteiger partial charge in [-0.05, 0) is 44.1 Å². The molecule has 1 saturated heterocycles. The smallest absolute Gasteiger partial charge is 0.243 e. The summed E-state index contributed by atoms with van der Waals surface area (Å²) in [6, 6.07) is 6.30. The predicted molar refractivity (Wildman–Crippen MR) is 116 cm³/mol. The molecule has 1 amide bonds. The third-order valence-electron chi connectivity index (χ3n) is 4.85. The molecule has 9 nitrogen and oxygen atoms in total. The van der Waals surface area contributed by atoms with Crippen molar-refractivity contribution in [2.45, 2.75) is 17.7 Å². The maximum absolute atomic E-state index is 12.9. The number of sulfonamides is 2. The molecule has 1 aromatic carbocycles. The van der Waals surface area contributed by atoms with E-state index in [1.807, 2.05) is 19.0 Å². The van der Waals surface area contributed by atoms with Gasteiger partial charge < -0.3 is 10.2 Å². The van der Waals surface area contributed by atoms with Crippen LogP contribution in [-0.2, 0) is 31.3 Å². The van der Waals surface area contributed by atoms with Crippen LogP contribution in [0.5, 0.6) is 0 Å². The quantitative estimate of drug-likeness (QED) is 0.482. The van der Waals surface area contributed by atoms with Crippen molar-refractivity contribution in [1.82, 2.24) is 19.2 Å². The van der Waals surface area contributed by atoms with Crippen LogP contribution in [0.2, 0.25) is 0 Å². The number of nitrogens with one attached hydrogen (secondary N) is 2. The van der Waals surface area contributed by atoms with Crippen LogP contribution in [0.15, 0.2) is 41.1 Å². The topological polar surface area (TPSA) is 116 Å². The zero-order valence-corrected chi connectivity index (χ0v) is 19.0. The molecule has 11 heteroatoms. The van der Waals surface area contributed by atoms with Gasteiger partial charge in [0.05, 0.1) is 11.3 Å². The number of carbonyl (C=O) groups excluding carboxylic acids is 1. The summed E-state index contributed by atoms with van der Waals surface area (Å²) in [6.07, 6.45) is 0.757. The molecule has 0 bridgehead atoms. The molecule has 1 aliphatic heterocycles. The van der Waals surface area contributed by atoms with Crippen molar-refractivity contribution in [1.29, 1.82) is 0 Å². The van der Waals surface area contributed by atoms with Crippen molar-refractivity contribution in [3.8, 4) is 0 Å². The SMILES string of the molecule is C=CS(=O)(=O)NCC1CCN(S(=O)(=O)c2ccc(CC(=O)NCCN(C)C)cc2)C1. The van der Waals surface area contributed by atoms with Gasteiger partial charge in [0.2, 0.25) is 26.0 Å². The van der Waals surface area contributed by atoms with Crippen molar-refractivity contribution in [2.75, 3.05) is 46.8 Å². The molecule has 0 saturated carbocycles. The normalized spacial score (nSPS) is 17.9. The molecule has 30 heavy (non-hydrogen) atoms. The second kappa shape index (κ2) is 10.5. The van der Waals surface area contributed by atoms with Gasteiger partial charge in [-0.1, -0.05) is 18.7 Å². The summed E-state index contributed by atoms with van der Waals surface area (Å²) in [5, 5.41) is 3.66. The number of benzene rings is 1. The van der Waals surface area contributed by atoms with E-state index in [0.29, 0.717) is 19.5 Å². The Kier molecular flexibility index (Phi) is 8.56. The highest BCUT2D eigenvalue weighted by Crippen LogP contribution is 2.24. The Bertz CT molecular complexity index is 944. The average Bonchev–Trinajstić information content (AvgIpc) is 3.17. The van der Waals surface area contributed by atoms with Crippen molar-refractivity contribution >= 4 is 26.0 Å². The first-order valence-corrected chi connectivity index (χ1v) is 12.6. The van der Waals surface area contributed by atoms with E-state index in [-0.39, 0.29) is 36.2 Å². The largest absolute Gasteiger partial charge is 0.355 e. The van der Waals surface area contributed by atoms with Gasteiger partial charge in [-0.25, -0.2) is 21.6 Å². The zero-order valence-electron chi connectivity index (χ0n) is 17.4. The highest BCUT2D eigenvalue weighted by molar-refractivity contribution is 7.92. The van der Waals surface area contributed by atoms with Gasteiger partial charge in [0, 0.05) is 38.1 Å². The third kappa shape index (κ3) is 7.17. The summed E-state index contributed by atoms with van der Waals surface area (Å²) < 4.78 is 52.4. The van der Waals surface area contributed by atoms with Crippen LogP contribution in [0.25, 0.3) is 0 Å². The third-order valence-corrected chi connectivity index (χ3v) is 7.74. The monoisotopic (exact) mass is 458 g/mol. The fourth-order valence-electron chi connectivity index (χ4n) is 3.07. The Morgan fingerprint density at radius 1 is 1.23 bits per heavy atom. The van der Waals surface area contributed by atoms with Crippen LogP contribution in [-0.4, -0.2) is 78.8 Å². The molecule has 0 aromatic heterocycles. The minimum Gasteiger partial charge on any atom is -0.355 e. The van der Waals surface area contributed by atoms with Gasteiger partial charge in [-0.3, -0.25) is 4.79 Å². The molecule has 2 N–H and O–H groups in total. The second-order valence-corrected chi connectivity index (χ2v) is 11.2. The van der Waals surface area contributed by atoms with E-state index in [1.54, 1.807) is 12.1 Å². The van der Waals surface area contributed by atoms with Gasteiger partial charge in [0.15, 0.2) is 0 Å². The number of amides is 1. The number of nitrogens with zero attached hydrogens (tertiary/aromatic N) is 2. The van der Waals surface area contributed by atoms with E-state index in [9.17, 15) is 21.6 Å². The zero-order chi connectivity index (χ0) is 22.4. The summed E-state index contributed by atoms with van der Waals surface area (Å²) >= 11 is 0. The lowest BCUT2D eigenvalue weighted by atomic mass is 10.1. The van der Waals surface area contributed by atoms with Crippen LogP contribution < -0.4 is 10.0 Å². The van der Waals surface area contributed by atoms with E-state index in [0.717, 1.165) is 17.5 Å². The predicted octanol–water partition coefficient (Wildman–Crippen LogP) is -0.0196. The molecule has 1 aromatic rings. The number of rotatable bonds is 11. The lowest BCUT2D eigenvalue weighted by Gasteiger charge is -2.17. The first kappa shape index (κ1) is 24.5. The molecule has 1 fully saturated rings. The highest BCUT2D eigenvalue weighted by Gasteiger charge is 2.32. The van der Waals surface area contributed by atoms with Gasteiger partial charge >= 0.3 is 0 Å². The molecule has 1 atom stereocenters. The molecule has 0 aliphatic carbocycles. The van der Waals surface area contributed by atoms with E-state index in [4.69, 9.17) is 0 Å². The van der Waals surface area contributed by atoms with Crippen LogP contribution in [0.4, 0.5) is 0 Å². The molecule has 1 heterocycles. The fourth-order valence-corrected chi connectivity index (χ4v) is 5.19. The van der Waals surface area contributed by atoms with E-state index < -0.39 is 20.0 Å². The molecular formula is C19H30N4O5S2. The Balaban J connectivity index is 1.92. The number of carbonyl (C=O) groups is 1. The van der Waals surface area contributed by atoms with Gasteiger partial charge in [0.25, 0.3) is 0 Å². The number of likely N-dealkylation sites (N-methyl/N-ethyl adjacent to an activating group) is 1. The van der Waals surface area contributed by atoms with Gasteiger partial charge in [-0.15, -0.1) is 0 Å². The number of hydrogen-bond donors (Lipinski definition) is 2. The van der Waals surface area contributed by atoms with Crippen molar-refractivity contribution < 1.29 is 21.6 Å². The van der Waals surface area contributed by atoms with Gasteiger partial charge in [-0.2, -0.15) is 4.31 Å². The lowest BCUT2D eigenvalue weighted by Crippen LogP contribution is -2.32. The first-order chi connectivity index (χ1) is 14.0. The minimum atomic E-state index is -3.67. The Hall–Kier alpha value is -1.79. The summed E-state index contributed by atoms with van der Waals surface area (Å²) in [5.74, 6) is -0.212. The van der Waals surface area contributed by atoms with E-state index in [2.05, 4.69) is 16.6 Å².